The minimum Gasteiger partial charge on any atom is -0.337 e. The van der Waals surface area contributed by atoms with Crippen molar-refractivity contribution in [3.8, 4) is 0 Å². The molecule has 0 aromatic rings. The quantitative estimate of drug-likeness (QED) is 0.551. The Kier molecular flexibility index (Phi) is 3.26. The van der Waals surface area contributed by atoms with E-state index in [0.717, 1.165) is 19.3 Å². The van der Waals surface area contributed by atoms with Crippen LogP contribution < -0.4 is 0 Å². The topological polar surface area (TPSA) is 20.3 Å². The van der Waals surface area contributed by atoms with Gasteiger partial charge in [-0.2, -0.15) is 0 Å². The summed E-state index contributed by atoms with van der Waals surface area (Å²) in [5.41, 5.74) is 0. The van der Waals surface area contributed by atoms with Crippen molar-refractivity contribution in [2.45, 2.75) is 26.2 Å². The Balaban J connectivity index is 2.51. The average Bonchev–Trinajstić information content (AvgIpc) is 2.17. The zero-order valence-corrected chi connectivity index (χ0v) is 7.35. The highest BCUT2D eigenvalue weighted by Gasteiger charge is 2.19. The van der Waals surface area contributed by atoms with Gasteiger partial charge in [0.15, 0.2) is 5.83 Å². The Morgan fingerprint density at radius 1 is 1.33 bits per heavy atom. The van der Waals surface area contributed by atoms with Gasteiger partial charge in [0.1, 0.15) is 0 Å². The van der Waals surface area contributed by atoms with Crippen LogP contribution in [-0.2, 0) is 4.79 Å². The van der Waals surface area contributed by atoms with E-state index in [2.05, 4.69) is 0 Å². The van der Waals surface area contributed by atoms with E-state index in [1.807, 2.05) is 0 Å². The standard InChI is InChI=1S/C9H14FNO/c1-2-8(10)9(12)11-6-4-3-5-7-11/h2H,3-7H2,1H3. The first-order valence-corrected chi connectivity index (χ1v) is 4.37. The Hall–Kier alpha value is -0.860. The Labute approximate surface area is 72.1 Å². The van der Waals surface area contributed by atoms with E-state index in [1.54, 1.807) is 4.90 Å². The lowest BCUT2D eigenvalue weighted by Crippen LogP contribution is -2.35. The van der Waals surface area contributed by atoms with Gasteiger partial charge < -0.3 is 4.90 Å². The van der Waals surface area contributed by atoms with E-state index >= 15 is 0 Å². The predicted octanol–water partition coefficient (Wildman–Crippen LogP) is 1.87. The molecule has 0 aromatic carbocycles. The number of nitrogens with zero attached hydrogens (tertiary/aromatic N) is 1. The van der Waals surface area contributed by atoms with Crippen LogP contribution in [-0.4, -0.2) is 23.9 Å². The molecule has 2 nitrogen and oxygen atoms in total. The third-order valence-electron chi connectivity index (χ3n) is 2.10. The smallest absolute Gasteiger partial charge is 0.282 e. The van der Waals surface area contributed by atoms with Crippen LogP contribution in [0.25, 0.3) is 0 Å². The van der Waals surface area contributed by atoms with E-state index in [-0.39, 0.29) is 0 Å². The fourth-order valence-corrected chi connectivity index (χ4v) is 1.37. The maximum absolute atomic E-state index is 12.8. The van der Waals surface area contributed by atoms with Crippen molar-refractivity contribution < 1.29 is 9.18 Å². The van der Waals surface area contributed by atoms with E-state index in [4.69, 9.17) is 0 Å². The SMILES string of the molecule is CC=C(F)C(=O)N1CCCCC1. The maximum atomic E-state index is 12.8. The summed E-state index contributed by atoms with van der Waals surface area (Å²) in [5, 5.41) is 0. The van der Waals surface area contributed by atoms with E-state index in [1.165, 1.54) is 13.0 Å². The zero-order valence-electron chi connectivity index (χ0n) is 7.35. The first kappa shape index (κ1) is 9.23. The summed E-state index contributed by atoms with van der Waals surface area (Å²) in [6.07, 6.45) is 4.38. The second-order valence-corrected chi connectivity index (χ2v) is 2.99. The van der Waals surface area contributed by atoms with Crippen LogP contribution in [0.2, 0.25) is 0 Å². The lowest BCUT2D eigenvalue weighted by molar-refractivity contribution is -0.129. The molecule has 0 radical (unpaired) electrons. The third-order valence-corrected chi connectivity index (χ3v) is 2.10. The first-order chi connectivity index (χ1) is 5.75. The van der Waals surface area contributed by atoms with Gasteiger partial charge in [-0.3, -0.25) is 4.79 Å². The number of carbonyl (C=O) groups excluding carboxylic acids is 1. The van der Waals surface area contributed by atoms with Crippen molar-refractivity contribution in [1.29, 1.82) is 0 Å². The van der Waals surface area contributed by atoms with Crippen LogP contribution in [0, 0.1) is 0 Å². The van der Waals surface area contributed by atoms with Crippen LogP contribution in [0.1, 0.15) is 26.2 Å². The van der Waals surface area contributed by atoms with E-state index in [0.29, 0.717) is 13.1 Å². The summed E-state index contributed by atoms with van der Waals surface area (Å²) in [6.45, 7) is 2.96. The summed E-state index contributed by atoms with van der Waals surface area (Å²) < 4.78 is 12.8. The van der Waals surface area contributed by atoms with Crippen LogP contribution in [0.3, 0.4) is 0 Å². The highest BCUT2D eigenvalue weighted by atomic mass is 19.1. The summed E-state index contributed by atoms with van der Waals surface area (Å²) in [5.74, 6) is -1.07. The number of rotatable bonds is 1. The van der Waals surface area contributed by atoms with Gasteiger partial charge >= 0.3 is 0 Å². The summed E-state index contributed by atoms with van der Waals surface area (Å²) in [4.78, 5) is 12.8. The van der Waals surface area contributed by atoms with Gasteiger partial charge in [0.05, 0.1) is 0 Å². The molecular weight excluding hydrogens is 157 g/mol. The number of piperidine rings is 1. The van der Waals surface area contributed by atoms with Gasteiger partial charge in [0.25, 0.3) is 5.91 Å². The largest absolute Gasteiger partial charge is 0.337 e. The Morgan fingerprint density at radius 3 is 2.42 bits per heavy atom. The second-order valence-electron chi connectivity index (χ2n) is 2.99. The molecule has 1 aliphatic heterocycles. The number of carbonyl (C=O) groups is 1. The van der Waals surface area contributed by atoms with Gasteiger partial charge in [-0.1, -0.05) is 0 Å². The molecule has 1 amide bonds. The highest BCUT2D eigenvalue weighted by Crippen LogP contribution is 2.12. The van der Waals surface area contributed by atoms with Gasteiger partial charge in [-0.15, -0.1) is 0 Å². The van der Waals surface area contributed by atoms with Crippen molar-refractivity contribution in [1.82, 2.24) is 4.90 Å². The van der Waals surface area contributed by atoms with Crippen molar-refractivity contribution in [2.75, 3.05) is 13.1 Å². The molecule has 0 aromatic heterocycles. The Bertz CT molecular complexity index is 195. The fraction of sp³-hybridized carbons (Fsp3) is 0.667. The second kappa shape index (κ2) is 4.24. The minimum absolute atomic E-state index is 0.447. The summed E-state index contributed by atoms with van der Waals surface area (Å²) in [6, 6.07) is 0. The number of amides is 1. The average molecular weight is 171 g/mol. The van der Waals surface area contributed by atoms with Crippen LogP contribution >= 0.6 is 0 Å². The number of hydrogen-bond donors (Lipinski definition) is 0. The zero-order chi connectivity index (χ0) is 8.97. The Morgan fingerprint density at radius 2 is 1.92 bits per heavy atom. The number of hydrogen-bond acceptors (Lipinski definition) is 1. The molecule has 3 heteroatoms. The van der Waals surface area contributed by atoms with Crippen molar-refractivity contribution in [3.63, 3.8) is 0 Å². The molecule has 0 bridgehead atoms. The van der Waals surface area contributed by atoms with E-state index < -0.39 is 11.7 Å². The molecule has 0 N–H and O–H groups in total. The minimum atomic E-state index is -0.628. The lowest BCUT2D eigenvalue weighted by atomic mass is 10.1. The molecule has 0 unspecified atom stereocenters. The van der Waals surface area contributed by atoms with Crippen LogP contribution in [0.4, 0.5) is 4.39 Å². The van der Waals surface area contributed by atoms with Gasteiger partial charge in [0.2, 0.25) is 0 Å². The molecule has 12 heavy (non-hydrogen) atoms. The monoisotopic (exact) mass is 171 g/mol. The predicted molar refractivity (Wildman–Crippen MR) is 45.3 cm³/mol. The molecule has 0 saturated carbocycles. The normalized spacial score (nSPS) is 19.5. The lowest BCUT2D eigenvalue weighted by Gasteiger charge is -2.25. The van der Waals surface area contributed by atoms with Crippen molar-refractivity contribution >= 4 is 5.91 Å². The van der Waals surface area contributed by atoms with Crippen molar-refractivity contribution in [3.05, 3.63) is 11.9 Å². The third kappa shape index (κ3) is 2.06. The number of allylic oxidation sites excluding steroid dienone is 1. The van der Waals surface area contributed by atoms with Crippen molar-refractivity contribution in [2.24, 2.45) is 0 Å². The van der Waals surface area contributed by atoms with Crippen LogP contribution in [0.5, 0.6) is 0 Å². The summed E-state index contributed by atoms with van der Waals surface area (Å²) >= 11 is 0. The highest BCUT2D eigenvalue weighted by molar-refractivity contribution is 5.91. The molecule has 1 heterocycles. The maximum Gasteiger partial charge on any atom is 0.282 e. The number of likely N-dealkylation sites (tertiary alicyclic amines) is 1. The van der Waals surface area contributed by atoms with Gasteiger partial charge in [0, 0.05) is 13.1 Å². The molecule has 1 saturated heterocycles. The molecule has 1 aliphatic rings. The first-order valence-electron chi connectivity index (χ1n) is 4.37. The molecule has 0 atom stereocenters. The summed E-state index contributed by atoms with van der Waals surface area (Å²) in [7, 11) is 0. The van der Waals surface area contributed by atoms with Crippen LogP contribution in [0.15, 0.2) is 11.9 Å². The molecule has 0 aliphatic carbocycles. The van der Waals surface area contributed by atoms with E-state index in [9.17, 15) is 9.18 Å². The molecule has 1 rings (SSSR count). The number of halogens is 1. The molecule has 68 valence electrons. The van der Waals surface area contributed by atoms with Gasteiger partial charge in [-0.25, -0.2) is 4.39 Å². The molecule has 1 fully saturated rings. The fourth-order valence-electron chi connectivity index (χ4n) is 1.37. The molecule has 0 spiro atoms. The van der Waals surface area contributed by atoms with Gasteiger partial charge in [-0.05, 0) is 32.3 Å². The molecular formula is C9H14FNO.